The van der Waals surface area contributed by atoms with Gasteiger partial charge in [-0.1, -0.05) is 30.3 Å². The summed E-state index contributed by atoms with van der Waals surface area (Å²) in [6.07, 6.45) is 1.63. The van der Waals surface area contributed by atoms with Crippen LogP contribution < -0.4 is 10.6 Å². The Bertz CT molecular complexity index is 713. The van der Waals surface area contributed by atoms with Crippen molar-refractivity contribution in [1.29, 1.82) is 0 Å². The van der Waals surface area contributed by atoms with Crippen molar-refractivity contribution in [1.82, 2.24) is 4.98 Å². The van der Waals surface area contributed by atoms with Crippen LogP contribution in [0.25, 0.3) is 0 Å². The van der Waals surface area contributed by atoms with Crippen molar-refractivity contribution in [3.8, 4) is 0 Å². The maximum Gasteiger partial charge on any atom is 0.243 e. The molecule has 1 aromatic carbocycles. The Morgan fingerprint density at radius 1 is 1.24 bits per heavy atom. The van der Waals surface area contributed by atoms with Crippen molar-refractivity contribution < 1.29 is 9.59 Å². The molecule has 0 aliphatic carbocycles. The molecule has 1 saturated heterocycles. The Hall–Kier alpha value is -2.69. The lowest BCUT2D eigenvalue weighted by molar-refractivity contribution is -0.121. The fourth-order valence-electron chi connectivity index (χ4n) is 2.62. The van der Waals surface area contributed by atoms with Crippen LogP contribution in [0, 0.1) is 6.92 Å². The predicted octanol–water partition coefficient (Wildman–Crippen LogP) is 2.02. The third-order valence-electron chi connectivity index (χ3n) is 3.63. The van der Waals surface area contributed by atoms with Crippen LogP contribution in [0.1, 0.15) is 23.5 Å². The second kappa shape index (κ2) is 5.01. The maximum absolute atomic E-state index is 12.6. The highest BCUT2D eigenvalue weighted by atomic mass is 16.2. The highest BCUT2D eigenvalue weighted by Gasteiger charge is 2.41. The molecule has 0 saturated carbocycles. The van der Waals surface area contributed by atoms with E-state index >= 15 is 0 Å². The lowest BCUT2D eigenvalue weighted by Gasteiger charge is -2.16. The predicted molar refractivity (Wildman–Crippen MR) is 79.7 cm³/mol. The van der Waals surface area contributed by atoms with Gasteiger partial charge in [0.2, 0.25) is 11.8 Å². The van der Waals surface area contributed by atoms with Gasteiger partial charge >= 0.3 is 0 Å². The van der Waals surface area contributed by atoms with Crippen molar-refractivity contribution in [2.45, 2.75) is 19.3 Å². The molecule has 2 aromatic rings. The summed E-state index contributed by atoms with van der Waals surface area (Å²) in [5.74, 6) is -0.518. The van der Waals surface area contributed by atoms with E-state index < -0.39 is 5.92 Å². The van der Waals surface area contributed by atoms with E-state index in [2.05, 4.69) is 4.98 Å². The average Bonchev–Trinajstić information content (AvgIpc) is 2.76. The molecule has 2 amide bonds. The van der Waals surface area contributed by atoms with Crippen LogP contribution >= 0.6 is 0 Å². The Kier molecular flexibility index (Phi) is 3.17. The number of aromatic nitrogens is 1. The van der Waals surface area contributed by atoms with E-state index in [4.69, 9.17) is 5.73 Å². The van der Waals surface area contributed by atoms with Crippen LogP contribution in [0.5, 0.6) is 0 Å². The first-order valence-electron chi connectivity index (χ1n) is 6.72. The van der Waals surface area contributed by atoms with Gasteiger partial charge in [-0.05, 0) is 24.1 Å². The van der Waals surface area contributed by atoms with E-state index in [-0.39, 0.29) is 18.2 Å². The molecule has 1 atom stereocenters. The fourth-order valence-corrected chi connectivity index (χ4v) is 2.62. The first-order chi connectivity index (χ1) is 10.1. The summed E-state index contributed by atoms with van der Waals surface area (Å²) in [4.78, 5) is 30.1. The van der Waals surface area contributed by atoms with E-state index in [0.29, 0.717) is 17.1 Å². The molecule has 3 rings (SSSR count). The van der Waals surface area contributed by atoms with Gasteiger partial charge < -0.3 is 5.73 Å². The number of hydrogen-bond donors (Lipinski definition) is 1. The molecule has 5 heteroatoms. The number of nitrogens with zero attached hydrogens (tertiary/aromatic N) is 2. The van der Waals surface area contributed by atoms with Crippen LogP contribution in [0.15, 0.2) is 42.6 Å². The Labute approximate surface area is 122 Å². The number of hydrogen-bond acceptors (Lipinski definition) is 4. The van der Waals surface area contributed by atoms with Crippen molar-refractivity contribution >= 4 is 23.3 Å². The van der Waals surface area contributed by atoms with Crippen LogP contribution in [-0.4, -0.2) is 16.8 Å². The molecule has 1 fully saturated rings. The summed E-state index contributed by atoms with van der Waals surface area (Å²) in [7, 11) is 0. The average molecular weight is 281 g/mol. The summed E-state index contributed by atoms with van der Waals surface area (Å²) in [5, 5.41) is 0. The van der Waals surface area contributed by atoms with Crippen LogP contribution in [0.4, 0.5) is 11.5 Å². The monoisotopic (exact) mass is 281 g/mol. The third kappa shape index (κ3) is 2.27. The number of imide groups is 1. The first-order valence-corrected chi connectivity index (χ1v) is 6.72. The van der Waals surface area contributed by atoms with Crippen LogP contribution in [0.2, 0.25) is 0 Å². The Morgan fingerprint density at radius 2 is 1.95 bits per heavy atom. The topological polar surface area (TPSA) is 76.3 Å². The quantitative estimate of drug-likeness (QED) is 0.854. The number of pyridine rings is 1. The van der Waals surface area contributed by atoms with Gasteiger partial charge in [-0.25, -0.2) is 9.88 Å². The van der Waals surface area contributed by atoms with E-state index in [1.54, 1.807) is 13.0 Å². The second-order valence-electron chi connectivity index (χ2n) is 5.14. The van der Waals surface area contributed by atoms with E-state index in [1.807, 2.05) is 30.3 Å². The van der Waals surface area contributed by atoms with Crippen LogP contribution in [0.3, 0.4) is 0 Å². The highest BCUT2D eigenvalue weighted by molar-refractivity contribution is 6.22. The van der Waals surface area contributed by atoms with Crippen molar-refractivity contribution in [2.24, 2.45) is 0 Å². The molecular formula is C16H15N3O2. The zero-order chi connectivity index (χ0) is 15.0. The molecule has 21 heavy (non-hydrogen) atoms. The van der Waals surface area contributed by atoms with Crippen molar-refractivity contribution in [3.63, 3.8) is 0 Å². The standard InChI is InChI=1S/C16H15N3O2/c1-10-7-12(17)9-18-15(10)19-14(20)8-13(16(19)21)11-5-3-2-4-6-11/h2-7,9,13H,8,17H2,1H3. The molecule has 1 aliphatic rings. The molecule has 106 valence electrons. The van der Waals surface area contributed by atoms with Gasteiger partial charge in [-0.3, -0.25) is 9.59 Å². The summed E-state index contributed by atoms with van der Waals surface area (Å²) in [5.41, 5.74) is 7.74. The van der Waals surface area contributed by atoms with E-state index in [9.17, 15) is 9.59 Å². The van der Waals surface area contributed by atoms with Crippen molar-refractivity contribution in [3.05, 3.63) is 53.7 Å². The molecule has 2 N–H and O–H groups in total. The molecule has 1 unspecified atom stereocenters. The molecule has 1 aromatic heterocycles. The molecule has 0 spiro atoms. The number of benzene rings is 1. The summed E-state index contributed by atoms with van der Waals surface area (Å²) in [6, 6.07) is 11.0. The minimum absolute atomic E-state index is 0.175. The SMILES string of the molecule is Cc1cc(N)cnc1N1C(=O)CC(c2ccccc2)C1=O. The normalized spacial score (nSPS) is 18.3. The molecule has 2 heterocycles. The van der Waals surface area contributed by atoms with Crippen LogP contribution in [-0.2, 0) is 9.59 Å². The number of carbonyl (C=O) groups is 2. The number of amides is 2. The molecule has 5 nitrogen and oxygen atoms in total. The van der Waals surface area contributed by atoms with E-state index in [0.717, 1.165) is 5.56 Å². The van der Waals surface area contributed by atoms with Gasteiger partial charge in [0, 0.05) is 6.42 Å². The minimum Gasteiger partial charge on any atom is -0.397 e. The van der Waals surface area contributed by atoms with Gasteiger partial charge in [0.1, 0.15) is 5.82 Å². The van der Waals surface area contributed by atoms with E-state index in [1.165, 1.54) is 11.1 Å². The van der Waals surface area contributed by atoms with Crippen molar-refractivity contribution in [2.75, 3.05) is 10.6 Å². The number of nitrogen functional groups attached to an aromatic ring is 1. The molecular weight excluding hydrogens is 266 g/mol. The first kappa shape index (κ1) is 13.3. The molecule has 1 aliphatic heterocycles. The number of aryl methyl sites for hydroxylation is 1. The number of anilines is 2. The summed E-state index contributed by atoms with van der Waals surface area (Å²) >= 11 is 0. The van der Waals surface area contributed by atoms with Gasteiger partial charge in [0.05, 0.1) is 17.8 Å². The van der Waals surface area contributed by atoms with Gasteiger partial charge in [0.15, 0.2) is 0 Å². The van der Waals surface area contributed by atoms with Gasteiger partial charge in [-0.2, -0.15) is 0 Å². The lowest BCUT2D eigenvalue weighted by atomic mass is 9.98. The molecule has 0 bridgehead atoms. The number of nitrogens with two attached hydrogens (primary N) is 1. The largest absolute Gasteiger partial charge is 0.397 e. The van der Waals surface area contributed by atoms with Gasteiger partial charge in [-0.15, -0.1) is 0 Å². The number of rotatable bonds is 2. The summed E-state index contributed by atoms with van der Waals surface area (Å²) in [6.45, 7) is 1.79. The Balaban J connectivity index is 1.98. The fraction of sp³-hybridized carbons (Fsp3) is 0.188. The zero-order valence-electron chi connectivity index (χ0n) is 11.6. The second-order valence-corrected chi connectivity index (χ2v) is 5.14. The Morgan fingerprint density at radius 3 is 2.62 bits per heavy atom. The van der Waals surface area contributed by atoms with Gasteiger partial charge in [0.25, 0.3) is 0 Å². The third-order valence-corrected chi connectivity index (χ3v) is 3.63. The summed E-state index contributed by atoms with van der Waals surface area (Å²) < 4.78 is 0. The highest BCUT2D eigenvalue weighted by Crippen LogP contribution is 2.33. The molecule has 0 radical (unpaired) electrons. The zero-order valence-corrected chi connectivity index (χ0v) is 11.6. The lowest BCUT2D eigenvalue weighted by Crippen LogP contribution is -2.31. The number of carbonyl (C=O) groups excluding carboxylic acids is 2. The maximum atomic E-state index is 12.6. The smallest absolute Gasteiger partial charge is 0.243 e. The minimum atomic E-state index is -0.433.